The van der Waals surface area contributed by atoms with Gasteiger partial charge < -0.3 is 0 Å². The van der Waals surface area contributed by atoms with Crippen LogP contribution in [0.25, 0.3) is 0 Å². The molecule has 6 heteroatoms. The lowest BCUT2D eigenvalue weighted by atomic mass is 10.5. The topological polar surface area (TPSA) is 30.7 Å². The number of halogens is 3. The monoisotopic (exact) mass is 176 g/mol. The summed E-state index contributed by atoms with van der Waals surface area (Å²) in [6.07, 6.45) is -1.32. The summed E-state index contributed by atoms with van der Waals surface area (Å²) in [6.45, 7) is 3.48. The highest BCUT2D eigenvalue weighted by atomic mass is 19.4. The standard InChI is InChI=1S/C6H5F3N3/c1-2-3-12-10-4-5(11-12)6(7,8)9/h2H,1,3H2. The Morgan fingerprint density at radius 2 is 2.25 bits per heavy atom. The molecule has 0 amide bonds. The van der Waals surface area contributed by atoms with E-state index >= 15 is 0 Å². The van der Waals surface area contributed by atoms with E-state index in [1.165, 1.54) is 6.08 Å². The number of hydrogen-bond donors (Lipinski definition) is 0. The lowest BCUT2D eigenvalue weighted by Crippen LogP contribution is -2.07. The molecule has 3 nitrogen and oxygen atoms in total. The summed E-state index contributed by atoms with van der Waals surface area (Å²) < 4.78 is 35.6. The van der Waals surface area contributed by atoms with Crippen LogP contribution in [0.3, 0.4) is 0 Å². The van der Waals surface area contributed by atoms with E-state index in [4.69, 9.17) is 0 Å². The summed E-state index contributed by atoms with van der Waals surface area (Å²) in [5, 5.41) is 6.39. The van der Waals surface area contributed by atoms with Gasteiger partial charge in [0.1, 0.15) is 6.20 Å². The van der Waals surface area contributed by atoms with Gasteiger partial charge in [0.25, 0.3) is 0 Å². The van der Waals surface area contributed by atoms with E-state index in [0.29, 0.717) is 0 Å². The maximum Gasteiger partial charge on any atom is 0.437 e. The Morgan fingerprint density at radius 3 is 2.67 bits per heavy atom. The number of allylic oxidation sites excluding steroid dienone is 1. The van der Waals surface area contributed by atoms with Crippen molar-refractivity contribution in [3.05, 3.63) is 24.5 Å². The number of hydrogen-bond acceptors (Lipinski definition) is 2. The van der Waals surface area contributed by atoms with Crippen molar-refractivity contribution in [2.75, 3.05) is 0 Å². The zero-order valence-corrected chi connectivity index (χ0v) is 5.97. The van der Waals surface area contributed by atoms with Gasteiger partial charge in [0.05, 0.1) is 6.54 Å². The minimum Gasteiger partial charge on any atom is -0.180 e. The third kappa shape index (κ3) is 1.84. The summed E-state index contributed by atoms with van der Waals surface area (Å²) in [6, 6.07) is 0. The van der Waals surface area contributed by atoms with Crippen LogP contribution in [-0.2, 0) is 12.7 Å². The zero-order valence-electron chi connectivity index (χ0n) is 5.97. The fourth-order valence-electron chi connectivity index (χ4n) is 0.582. The second-order valence-corrected chi connectivity index (χ2v) is 2.00. The molecule has 0 unspecified atom stereocenters. The fourth-order valence-corrected chi connectivity index (χ4v) is 0.582. The molecule has 1 heterocycles. The van der Waals surface area contributed by atoms with E-state index in [-0.39, 0.29) is 6.54 Å². The van der Waals surface area contributed by atoms with Crippen LogP contribution >= 0.6 is 0 Å². The first kappa shape index (κ1) is 8.76. The Balaban J connectivity index is 2.84. The molecule has 0 aromatic carbocycles. The second-order valence-electron chi connectivity index (χ2n) is 2.00. The average Bonchev–Trinajstić information content (AvgIpc) is 2.35. The van der Waals surface area contributed by atoms with Crippen LogP contribution in [0.15, 0.2) is 12.7 Å². The van der Waals surface area contributed by atoms with Gasteiger partial charge in [-0.15, -0.1) is 11.7 Å². The summed E-state index contributed by atoms with van der Waals surface area (Å²) in [7, 11) is 0. The molecule has 0 saturated heterocycles. The Bertz CT molecular complexity index is 276. The summed E-state index contributed by atoms with van der Waals surface area (Å²) in [5.74, 6) is 0. The first-order valence-corrected chi connectivity index (χ1v) is 3.05. The maximum absolute atomic E-state index is 11.9. The van der Waals surface area contributed by atoms with Crippen molar-refractivity contribution in [1.29, 1.82) is 0 Å². The molecule has 0 atom stereocenters. The van der Waals surface area contributed by atoms with Gasteiger partial charge in [0.2, 0.25) is 0 Å². The predicted molar refractivity (Wildman–Crippen MR) is 34.1 cm³/mol. The predicted octanol–water partition coefficient (Wildman–Crippen LogP) is 1.28. The molecule has 0 spiro atoms. The first-order chi connectivity index (χ1) is 5.54. The molecule has 1 aromatic heterocycles. The molecule has 0 aliphatic rings. The Labute approximate surface area is 66.5 Å². The van der Waals surface area contributed by atoms with Crippen LogP contribution in [-0.4, -0.2) is 15.0 Å². The van der Waals surface area contributed by atoms with Crippen LogP contribution < -0.4 is 0 Å². The Morgan fingerprint density at radius 1 is 1.58 bits per heavy atom. The van der Waals surface area contributed by atoms with Gasteiger partial charge >= 0.3 is 6.18 Å². The second kappa shape index (κ2) is 2.96. The van der Waals surface area contributed by atoms with Crippen molar-refractivity contribution in [3.8, 4) is 0 Å². The van der Waals surface area contributed by atoms with Crippen LogP contribution in [0.2, 0.25) is 0 Å². The minimum atomic E-state index is -4.47. The fraction of sp³-hybridized carbons (Fsp3) is 0.333. The quantitative estimate of drug-likeness (QED) is 0.635. The van der Waals surface area contributed by atoms with E-state index in [2.05, 4.69) is 16.8 Å². The first-order valence-electron chi connectivity index (χ1n) is 3.05. The van der Waals surface area contributed by atoms with E-state index in [1.54, 1.807) is 6.20 Å². The van der Waals surface area contributed by atoms with E-state index in [0.717, 1.165) is 4.80 Å². The van der Waals surface area contributed by atoms with Gasteiger partial charge in [-0.05, 0) is 0 Å². The number of alkyl halides is 3. The number of aromatic nitrogens is 3. The highest BCUT2D eigenvalue weighted by Gasteiger charge is 2.34. The van der Waals surface area contributed by atoms with Crippen molar-refractivity contribution >= 4 is 0 Å². The number of rotatable bonds is 2. The van der Waals surface area contributed by atoms with Crippen molar-refractivity contribution in [1.82, 2.24) is 15.0 Å². The summed E-state index contributed by atoms with van der Waals surface area (Å²) in [5.41, 5.74) is -1.11. The molecule has 65 valence electrons. The van der Waals surface area contributed by atoms with Crippen LogP contribution in [0.5, 0.6) is 0 Å². The highest BCUT2D eigenvalue weighted by Crippen LogP contribution is 2.25. The van der Waals surface area contributed by atoms with Crippen LogP contribution in [0.1, 0.15) is 5.69 Å². The van der Waals surface area contributed by atoms with Gasteiger partial charge in [0, 0.05) is 0 Å². The zero-order chi connectivity index (χ0) is 9.19. The molecule has 0 fully saturated rings. The molecule has 0 aliphatic carbocycles. The van der Waals surface area contributed by atoms with Crippen LogP contribution in [0.4, 0.5) is 13.2 Å². The van der Waals surface area contributed by atoms with E-state index < -0.39 is 11.9 Å². The van der Waals surface area contributed by atoms with Crippen molar-refractivity contribution in [2.45, 2.75) is 12.7 Å². The molecular weight excluding hydrogens is 171 g/mol. The van der Waals surface area contributed by atoms with Crippen molar-refractivity contribution in [2.24, 2.45) is 0 Å². The van der Waals surface area contributed by atoms with E-state index in [9.17, 15) is 13.2 Å². The maximum atomic E-state index is 11.9. The highest BCUT2D eigenvalue weighted by molar-refractivity contribution is 4.94. The van der Waals surface area contributed by atoms with Crippen molar-refractivity contribution < 1.29 is 13.2 Å². The average molecular weight is 176 g/mol. The van der Waals surface area contributed by atoms with Gasteiger partial charge in [-0.3, -0.25) is 0 Å². The summed E-state index contributed by atoms with van der Waals surface area (Å²) in [4.78, 5) is 0.871. The SMILES string of the molecule is C=CCn1n[c]c(C(F)(F)F)n1. The molecule has 1 radical (unpaired) electrons. The number of nitrogens with zero attached hydrogens (tertiary/aromatic N) is 3. The Kier molecular flexibility index (Phi) is 2.16. The van der Waals surface area contributed by atoms with Gasteiger partial charge in [-0.25, -0.2) is 0 Å². The molecule has 1 rings (SSSR count). The van der Waals surface area contributed by atoms with Gasteiger partial charge in [-0.2, -0.15) is 23.1 Å². The largest absolute Gasteiger partial charge is 0.437 e. The minimum absolute atomic E-state index is 0.145. The van der Waals surface area contributed by atoms with Gasteiger partial charge in [-0.1, -0.05) is 6.08 Å². The summed E-state index contributed by atoms with van der Waals surface area (Å²) >= 11 is 0. The smallest absolute Gasteiger partial charge is 0.180 e. The normalized spacial score (nSPS) is 11.6. The van der Waals surface area contributed by atoms with Crippen molar-refractivity contribution in [3.63, 3.8) is 0 Å². The lowest BCUT2D eigenvalue weighted by Gasteiger charge is -1.98. The molecule has 0 aliphatic heterocycles. The Hall–Kier alpha value is -1.33. The van der Waals surface area contributed by atoms with Gasteiger partial charge in [0.15, 0.2) is 5.69 Å². The van der Waals surface area contributed by atoms with Crippen LogP contribution in [0, 0.1) is 6.20 Å². The third-order valence-electron chi connectivity index (χ3n) is 1.05. The van der Waals surface area contributed by atoms with E-state index in [1.807, 2.05) is 0 Å². The molecular formula is C6H5F3N3. The molecule has 0 saturated carbocycles. The molecule has 0 N–H and O–H groups in total. The molecule has 12 heavy (non-hydrogen) atoms. The third-order valence-corrected chi connectivity index (χ3v) is 1.05. The molecule has 1 aromatic rings. The lowest BCUT2D eigenvalue weighted by molar-refractivity contribution is -0.141. The molecule has 0 bridgehead atoms.